The van der Waals surface area contributed by atoms with E-state index in [1.165, 1.54) is 11.6 Å². The number of rotatable bonds is 1. The molecular formula is C15H11F2N3. The average molecular weight is 271 g/mol. The molecule has 0 bridgehead atoms. The van der Waals surface area contributed by atoms with Crippen molar-refractivity contribution in [2.45, 2.75) is 12.5 Å². The first-order valence-electron chi connectivity index (χ1n) is 6.40. The summed E-state index contributed by atoms with van der Waals surface area (Å²) in [6, 6.07) is 10.1. The molecule has 2 heterocycles. The van der Waals surface area contributed by atoms with E-state index in [1.54, 1.807) is 0 Å². The van der Waals surface area contributed by atoms with Gasteiger partial charge in [-0.25, -0.2) is 13.8 Å². The second-order valence-corrected chi connectivity index (χ2v) is 4.96. The maximum absolute atomic E-state index is 13.7. The number of anilines is 1. The van der Waals surface area contributed by atoms with Crippen molar-refractivity contribution in [2.75, 3.05) is 5.32 Å². The van der Waals surface area contributed by atoms with Crippen molar-refractivity contribution < 1.29 is 8.78 Å². The summed E-state index contributed by atoms with van der Waals surface area (Å²) in [5.74, 6) is -0.619. The van der Waals surface area contributed by atoms with E-state index < -0.39 is 11.6 Å². The predicted octanol–water partition coefficient (Wildman–Crippen LogP) is 3.55. The van der Waals surface area contributed by atoms with Gasteiger partial charge in [-0.2, -0.15) is 0 Å². The summed E-state index contributed by atoms with van der Waals surface area (Å²) >= 11 is 0. The molecule has 0 fully saturated rings. The van der Waals surface area contributed by atoms with Crippen LogP contribution < -0.4 is 5.32 Å². The molecule has 1 aromatic heterocycles. The molecule has 1 aliphatic rings. The number of halogens is 2. The Morgan fingerprint density at radius 3 is 2.85 bits per heavy atom. The number of hydrogen-bond donors (Lipinski definition) is 2. The zero-order valence-electron chi connectivity index (χ0n) is 10.5. The van der Waals surface area contributed by atoms with Gasteiger partial charge in [0.05, 0.1) is 11.6 Å². The van der Waals surface area contributed by atoms with Crippen molar-refractivity contribution in [3.05, 3.63) is 59.4 Å². The maximum atomic E-state index is 13.7. The summed E-state index contributed by atoms with van der Waals surface area (Å²) in [4.78, 5) is 7.26. The number of fused-ring (bicyclic) bond motifs is 2. The fraction of sp³-hybridized carbons (Fsp3) is 0.133. The van der Waals surface area contributed by atoms with Crippen LogP contribution in [0.1, 0.15) is 17.4 Å². The molecule has 20 heavy (non-hydrogen) atoms. The lowest BCUT2D eigenvalue weighted by atomic mass is 10.1. The molecule has 1 unspecified atom stereocenters. The quantitative estimate of drug-likeness (QED) is 0.710. The van der Waals surface area contributed by atoms with Gasteiger partial charge < -0.3 is 10.3 Å². The van der Waals surface area contributed by atoms with Crippen molar-refractivity contribution in [1.29, 1.82) is 0 Å². The van der Waals surface area contributed by atoms with Crippen molar-refractivity contribution >= 4 is 16.7 Å². The summed E-state index contributed by atoms with van der Waals surface area (Å²) in [5, 5.41) is 3.34. The highest BCUT2D eigenvalue weighted by Crippen LogP contribution is 2.33. The lowest BCUT2D eigenvalue weighted by molar-refractivity contribution is 0.590. The monoisotopic (exact) mass is 271 g/mol. The van der Waals surface area contributed by atoms with Gasteiger partial charge in [0.25, 0.3) is 0 Å². The highest BCUT2D eigenvalue weighted by Gasteiger charge is 2.24. The summed E-state index contributed by atoms with van der Waals surface area (Å²) in [6.45, 7) is 0. The van der Waals surface area contributed by atoms with Gasteiger partial charge in [0.2, 0.25) is 0 Å². The first-order chi connectivity index (χ1) is 9.70. The molecule has 2 N–H and O–H groups in total. The van der Waals surface area contributed by atoms with Crippen LogP contribution in [0.3, 0.4) is 0 Å². The zero-order valence-corrected chi connectivity index (χ0v) is 10.5. The van der Waals surface area contributed by atoms with Crippen molar-refractivity contribution in [1.82, 2.24) is 9.97 Å². The summed E-state index contributed by atoms with van der Waals surface area (Å²) < 4.78 is 26.9. The van der Waals surface area contributed by atoms with Gasteiger partial charge in [-0.15, -0.1) is 0 Å². The number of H-pyrrole nitrogens is 1. The third-order valence-corrected chi connectivity index (χ3v) is 3.62. The minimum Gasteiger partial charge on any atom is -0.375 e. The number of imidazole rings is 1. The van der Waals surface area contributed by atoms with Gasteiger partial charge in [0.15, 0.2) is 5.82 Å². The lowest BCUT2D eigenvalue weighted by Crippen LogP contribution is -2.07. The normalized spacial score (nSPS) is 17.2. The first kappa shape index (κ1) is 11.4. The fourth-order valence-electron chi connectivity index (χ4n) is 2.69. The van der Waals surface area contributed by atoms with E-state index in [0.717, 1.165) is 18.2 Å². The molecule has 5 heteroatoms. The van der Waals surface area contributed by atoms with Gasteiger partial charge in [-0.1, -0.05) is 18.2 Å². The SMILES string of the molecule is Fc1cc(F)c2nc(C3Cc4ccccc4N3)[nH]c2c1. The lowest BCUT2D eigenvalue weighted by Gasteiger charge is -2.06. The Labute approximate surface area is 113 Å². The zero-order chi connectivity index (χ0) is 13.7. The minimum absolute atomic E-state index is 0.0396. The van der Waals surface area contributed by atoms with Crippen LogP contribution in [-0.2, 0) is 6.42 Å². The molecule has 2 aromatic carbocycles. The van der Waals surface area contributed by atoms with Gasteiger partial charge in [-0.05, 0) is 17.7 Å². The minimum atomic E-state index is -0.641. The van der Waals surface area contributed by atoms with E-state index in [4.69, 9.17) is 0 Å². The molecule has 1 atom stereocenters. The van der Waals surface area contributed by atoms with E-state index in [-0.39, 0.29) is 11.6 Å². The van der Waals surface area contributed by atoms with E-state index in [1.807, 2.05) is 24.3 Å². The second kappa shape index (κ2) is 4.03. The molecule has 3 nitrogen and oxygen atoms in total. The van der Waals surface area contributed by atoms with Gasteiger partial charge >= 0.3 is 0 Å². The van der Waals surface area contributed by atoms with Crippen molar-refractivity contribution in [3.8, 4) is 0 Å². The molecule has 0 saturated heterocycles. The van der Waals surface area contributed by atoms with E-state index in [2.05, 4.69) is 15.3 Å². The number of para-hydroxylation sites is 1. The number of nitrogens with one attached hydrogen (secondary N) is 2. The maximum Gasteiger partial charge on any atom is 0.153 e. The number of hydrogen-bond acceptors (Lipinski definition) is 2. The number of benzene rings is 2. The van der Waals surface area contributed by atoms with Gasteiger partial charge in [0, 0.05) is 18.2 Å². The van der Waals surface area contributed by atoms with Crippen LogP contribution in [0.2, 0.25) is 0 Å². The molecule has 3 aromatic rings. The Bertz CT molecular complexity index is 785. The molecule has 0 saturated carbocycles. The second-order valence-electron chi connectivity index (χ2n) is 4.96. The van der Waals surface area contributed by atoms with Crippen LogP contribution in [0.5, 0.6) is 0 Å². The summed E-state index contributed by atoms with van der Waals surface area (Å²) in [7, 11) is 0. The highest BCUT2D eigenvalue weighted by molar-refractivity contribution is 5.76. The Balaban J connectivity index is 1.76. The molecule has 4 rings (SSSR count). The predicted molar refractivity (Wildman–Crippen MR) is 72.5 cm³/mol. The highest BCUT2D eigenvalue weighted by atomic mass is 19.1. The van der Waals surface area contributed by atoms with Crippen LogP contribution in [-0.4, -0.2) is 9.97 Å². The van der Waals surface area contributed by atoms with Crippen molar-refractivity contribution in [3.63, 3.8) is 0 Å². The van der Waals surface area contributed by atoms with Gasteiger partial charge in [-0.3, -0.25) is 0 Å². The Hall–Kier alpha value is -2.43. The first-order valence-corrected chi connectivity index (χ1v) is 6.40. The third-order valence-electron chi connectivity index (χ3n) is 3.62. The largest absolute Gasteiger partial charge is 0.375 e. The van der Waals surface area contributed by atoms with Crippen LogP contribution in [0.15, 0.2) is 36.4 Å². The molecule has 0 amide bonds. The van der Waals surface area contributed by atoms with Crippen molar-refractivity contribution in [2.24, 2.45) is 0 Å². The van der Waals surface area contributed by atoms with Gasteiger partial charge in [0.1, 0.15) is 17.2 Å². The molecule has 100 valence electrons. The Morgan fingerprint density at radius 2 is 2.00 bits per heavy atom. The molecule has 0 spiro atoms. The molecule has 0 radical (unpaired) electrons. The number of aromatic nitrogens is 2. The molecular weight excluding hydrogens is 260 g/mol. The van der Waals surface area contributed by atoms with Crippen LogP contribution in [0.25, 0.3) is 11.0 Å². The van der Waals surface area contributed by atoms with E-state index in [0.29, 0.717) is 11.3 Å². The van der Waals surface area contributed by atoms with Crippen LogP contribution >= 0.6 is 0 Å². The van der Waals surface area contributed by atoms with E-state index in [9.17, 15) is 8.78 Å². The van der Waals surface area contributed by atoms with Crippen LogP contribution in [0.4, 0.5) is 14.5 Å². The fourth-order valence-corrected chi connectivity index (χ4v) is 2.69. The Kier molecular flexibility index (Phi) is 2.30. The van der Waals surface area contributed by atoms with Crippen LogP contribution in [0, 0.1) is 11.6 Å². The smallest absolute Gasteiger partial charge is 0.153 e. The number of aromatic amines is 1. The average Bonchev–Trinajstić information content (AvgIpc) is 3.01. The standard InChI is InChI=1S/C15H11F2N3/c16-9-6-10(17)14-12(7-9)19-15(20-14)13-5-8-3-1-2-4-11(8)18-13/h1-4,6-7,13,18H,5H2,(H,19,20). The number of nitrogens with zero attached hydrogens (tertiary/aromatic N) is 1. The molecule has 1 aliphatic heterocycles. The Morgan fingerprint density at radius 1 is 1.15 bits per heavy atom. The molecule has 0 aliphatic carbocycles. The third kappa shape index (κ3) is 1.66. The summed E-state index contributed by atoms with van der Waals surface area (Å²) in [5.41, 5.74) is 2.82. The topological polar surface area (TPSA) is 40.7 Å². The van der Waals surface area contributed by atoms with E-state index >= 15 is 0 Å². The summed E-state index contributed by atoms with van der Waals surface area (Å²) in [6.07, 6.45) is 0.778.